The van der Waals surface area contributed by atoms with Crippen LogP contribution >= 0.6 is 23.2 Å². The lowest BCUT2D eigenvalue weighted by Crippen LogP contribution is -2.33. The van der Waals surface area contributed by atoms with Crippen LogP contribution in [0.1, 0.15) is 12.8 Å². The van der Waals surface area contributed by atoms with Crippen LogP contribution in [0, 0.1) is 5.82 Å². The zero-order chi connectivity index (χ0) is 21.4. The standard InChI is InChI=1S/C19H21Cl2FN2O4S/c1-29(26,27)24(17-5-2-4-16(20)19(17)21)12-3-6-18(25)23-11-13-28-15-9-7-14(22)8-10-15/h2,4-5,7-10H,3,6,11-13H2,1H3,(H,23,25). The number of halogens is 3. The smallest absolute Gasteiger partial charge is 0.232 e. The maximum Gasteiger partial charge on any atom is 0.232 e. The molecular weight excluding hydrogens is 442 g/mol. The van der Waals surface area contributed by atoms with E-state index in [0.717, 1.165) is 10.6 Å². The molecule has 0 spiro atoms. The van der Waals surface area contributed by atoms with Crippen LogP contribution in [0.2, 0.25) is 10.0 Å². The van der Waals surface area contributed by atoms with Crippen LogP contribution in [-0.4, -0.2) is 40.3 Å². The lowest BCUT2D eigenvalue weighted by molar-refractivity contribution is -0.121. The molecule has 1 amide bonds. The molecule has 0 aliphatic rings. The fourth-order valence-corrected chi connectivity index (χ4v) is 3.93. The van der Waals surface area contributed by atoms with Crippen LogP contribution in [0.5, 0.6) is 5.75 Å². The SMILES string of the molecule is CS(=O)(=O)N(CCCC(=O)NCCOc1ccc(F)cc1)c1cccc(Cl)c1Cl. The van der Waals surface area contributed by atoms with E-state index in [9.17, 15) is 17.6 Å². The lowest BCUT2D eigenvalue weighted by atomic mass is 10.2. The van der Waals surface area contributed by atoms with Gasteiger partial charge in [-0.2, -0.15) is 0 Å². The van der Waals surface area contributed by atoms with Gasteiger partial charge < -0.3 is 10.1 Å². The number of nitrogens with zero attached hydrogens (tertiary/aromatic N) is 1. The van der Waals surface area contributed by atoms with Crippen LogP contribution in [0.3, 0.4) is 0 Å². The van der Waals surface area contributed by atoms with Gasteiger partial charge in [0.05, 0.1) is 28.5 Å². The van der Waals surface area contributed by atoms with E-state index in [-0.39, 0.29) is 53.6 Å². The molecule has 0 radical (unpaired) electrons. The number of ether oxygens (including phenoxy) is 1. The van der Waals surface area contributed by atoms with Crippen molar-refractivity contribution < 1.29 is 22.3 Å². The number of hydrogen-bond donors (Lipinski definition) is 1. The highest BCUT2D eigenvalue weighted by Crippen LogP contribution is 2.33. The van der Waals surface area contributed by atoms with E-state index in [1.165, 1.54) is 24.3 Å². The van der Waals surface area contributed by atoms with Crippen LogP contribution in [0.15, 0.2) is 42.5 Å². The first kappa shape index (κ1) is 23.3. The first-order valence-corrected chi connectivity index (χ1v) is 11.4. The monoisotopic (exact) mass is 462 g/mol. The van der Waals surface area contributed by atoms with Crippen molar-refractivity contribution in [1.29, 1.82) is 0 Å². The molecule has 0 saturated carbocycles. The quantitative estimate of drug-likeness (QED) is 0.543. The van der Waals surface area contributed by atoms with Gasteiger partial charge >= 0.3 is 0 Å². The Bertz CT molecular complexity index is 940. The number of benzene rings is 2. The lowest BCUT2D eigenvalue weighted by Gasteiger charge is -2.23. The molecule has 0 unspecified atom stereocenters. The van der Waals surface area contributed by atoms with E-state index < -0.39 is 10.0 Å². The van der Waals surface area contributed by atoms with Gasteiger partial charge in [-0.3, -0.25) is 9.10 Å². The summed E-state index contributed by atoms with van der Waals surface area (Å²) in [5, 5.41) is 3.07. The summed E-state index contributed by atoms with van der Waals surface area (Å²) in [6.45, 7) is 0.579. The van der Waals surface area contributed by atoms with Gasteiger partial charge in [0, 0.05) is 13.0 Å². The zero-order valence-corrected chi connectivity index (χ0v) is 18.0. The predicted octanol–water partition coefficient (Wildman–Crippen LogP) is 3.87. The Morgan fingerprint density at radius 2 is 1.86 bits per heavy atom. The topological polar surface area (TPSA) is 75.7 Å². The maximum atomic E-state index is 12.8. The number of hydrogen-bond acceptors (Lipinski definition) is 4. The molecule has 2 rings (SSSR count). The van der Waals surface area contributed by atoms with E-state index in [1.807, 2.05) is 0 Å². The van der Waals surface area contributed by atoms with Crippen molar-refractivity contribution in [2.75, 3.05) is 30.3 Å². The molecule has 6 nitrogen and oxygen atoms in total. The van der Waals surface area contributed by atoms with Gasteiger partial charge in [0.1, 0.15) is 18.2 Å². The molecule has 1 N–H and O–H groups in total. The summed E-state index contributed by atoms with van der Waals surface area (Å²) in [5.41, 5.74) is 0.273. The predicted molar refractivity (Wildman–Crippen MR) is 113 cm³/mol. The number of nitrogens with one attached hydrogen (secondary N) is 1. The second kappa shape index (κ2) is 10.7. The van der Waals surface area contributed by atoms with Gasteiger partial charge in [-0.25, -0.2) is 12.8 Å². The van der Waals surface area contributed by atoms with Crippen molar-refractivity contribution in [3.8, 4) is 5.75 Å². The second-order valence-electron chi connectivity index (χ2n) is 6.16. The minimum atomic E-state index is -3.60. The molecule has 0 aliphatic heterocycles. The molecule has 2 aromatic carbocycles. The molecule has 158 valence electrons. The van der Waals surface area contributed by atoms with Crippen LogP contribution in [0.4, 0.5) is 10.1 Å². The third-order valence-corrected chi connectivity index (χ3v) is 5.86. The van der Waals surface area contributed by atoms with Gasteiger partial charge in [0.2, 0.25) is 15.9 Å². The Hall–Kier alpha value is -2.03. The van der Waals surface area contributed by atoms with Crippen molar-refractivity contribution in [2.45, 2.75) is 12.8 Å². The summed E-state index contributed by atoms with van der Waals surface area (Å²) in [5.74, 6) is -0.0888. The number of sulfonamides is 1. The number of amides is 1. The van der Waals surface area contributed by atoms with Crippen LogP contribution in [-0.2, 0) is 14.8 Å². The Labute approximate surface area is 179 Å². The van der Waals surface area contributed by atoms with Crippen molar-refractivity contribution in [3.05, 3.63) is 58.3 Å². The normalized spacial score (nSPS) is 11.2. The number of carbonyl (C=O) groups excluding carboxylic acids is 1. The van der Waals surface area contributed by atoms with Crippen molar-refractivity contribution in [1.82, 2.24) is 5.32 Å². The summed E-state index contributed by atoms with van der Waals surface area (Å²) in [4.78, 5) is 12.0. The average Bonchev–Trinajstić information content (AvgIpc) is 2.65. The molecule has 10 heteroatoms. The first-order chi connectivity index (χ1) is 13.7. The molecule has 0 atom stereocenters. The van der Waals surface area contributed by atoms with E-state index in [4.69, 9.17) is 27.9 Å². The number of carbonyl (C=O) groups is 1. The minimum Gasteiger partial charge on any atom is -0.492 e. The largest absolute Gasteiger partial charge is 0.492 e. The highest BCUT2D eigenvalue weighted by atomic mass is 35.5. The fraction of sp³-hybridized carbons (Fsp3) is 0.316. The molecular formula is C19H21Cl2FN2O4S. The maximum absolute atomic E-state index is 12.8. The molecule has 0 aliphatic carbocycles. The Morgan fingerprint density at radius 1 is 1.17 bits per heavy atom. The van der Waals surface area contributed by atoms with Crippen molar-refractivity contribution in [2.24, 2.45) is 0 Å². The molecule has 0 aromatic heterocycles. The summed E-state index contributed by atoms with van der Waals surface area (Å²) in [6.07, 6.45) is 1.48. The second-order valence-corrected chi connectivity index (χ2v) is 8.86. The van der Waals surface area contributed by atoms with Gasteiger partial charge in [-0.05, 0) is 42.8 Å². The highest BCUT2D eigenvalue weighted by Gasteiger charge is 2.21. The fourth-order valence-electron chi connectivity index (χ4n) is 2.51. The van der Waals surface area contributed by atoms with Gasteiger partial charge in [0.25, 0.3) is 0 Å². The van der Waals surface area contributed by atoms with E-state index in [2.05, 4.69) is 5.32 Å². The third-order valence-electron chi connectivity index (χ3n) is 3.87. The summed E-state index contributed by atoms with van der Waals surface area (Å²) >= 11 is 12.1. The first-order valence-electron chi connectivity index (χ1n) is 8.75. The average molecular weight is 463 g/mol. The van der Waals surface area contributed by atoms with Crippen molar-refractivity contribution in [3.63, 3.8) is 0 Å². The third kappa shape index (κ3) is 7.38. The van der Waals surface area contributed by atoms with E-state index in [1.54, 1.807) is 18.2 Å². The zero-order valence-electron chi connectivity index (χ0n) is 15.7. The Balaban J connectivity index is 1.79. The number of rotatable bonds is 10. The van der Waals surface area contributed by atoms with Crippen LogP contribution in [0.25, 0.3) is 0 Å². The minimum absolute atomic E-state index is 0.0817. The summed E-state index contributed by atoms with van der Waals surface area (Å²) in [6, 6.07) is 10.3. The molecule has 0 saturated heterocycles. The summed E-state index contributed by atoms with van der Waals surface area (Å²) < 4.78 is 43.6. The van der Waals surface area contributed by atoms with Gasteiger partial charge in [-0.1, -0.05) is 29.3 Å². The molecule has 29 heavy (non-hydrogen) atoms. The molecule has 0 fully saturated rings. The molecule has 2 aromatic rings. The van der Waals surface area contributed by atoms with E-state index >= 15 is 0 Å². The summed E-state index contributed by atoms with van der Waals surface area (Å²) in [7, 11) is -3.60. The molecule has 0 bridgehead atoms. The van der Waals surface area contributed by atoms with Crippen molar-refractivity contribution >= 4 is 44.8 Å². The Kier molecular flexibility index (Phi) is 8.55. The number of anilines is 1. The van der Waals surface area contributed by atoms with E-state index in [0.29, 0.717) is 12.2 Å². The van der Waals surface area contributed by atoms with Gasteiger partial charge in [-0.15, -0.1) is 0 Å². The molecule has 0 heterocycles. The Morgan fingerprint density at radius 3 is 2.52 bits per heavy atom. The van der Waals surface area contributed by atoms with Gasteiger partial charge in [0.15, 0.2) is 0 Å². The van der Waals surface area contributed by atoms with Crippen LogP contribution < -0.4 is 14.4 Å². The highest BCUT2D eigenvalue weighted by molar-refractivity contribution is 7.92.